The van der Waals surface area contributed by atoms with Crippen LogP contribution in [-0.4, -0.2) is 29.8 Å². The summed E-state index contributed by atoms with van der Waals surface area (Å²) in [5.41, 5.74) is 3.74. The lowest BCUT2D eigenvalue weighted by atomic mass is 10.0. The molecule has 0 aliphatic heterocycles. The van der Waals surface area contributed by atoms with E-state index in [1.807, 2.05) is 38.1 Å². The quantitative estimate of drug-likeness (QED) is 0.574. The van der Waals surface area contributed by atoms with E-state index in [1.54, 1.807) is 25.3 Å². The van der Waals surface area contributed by atoms with Gasteiger partial charge in [-0.25, -0.2) is 0 Å². The van der Waals surface area contributed by atoms with E-state index in [2.05, 4.69) is 15.6 Å². The Morgan fingerprint density at radius 1 is 1.15 bits per heavy atom. The van der Waals surface area contributed by atoms with E-state index in [-0.39, 0.29) is 11.7 Å². The van der Waals surface area contributed by atoms with Crippen molar-refractivity contribution in [2.75, 3.05) is 17.7 Å². The van der Waals surface area contributed by atoms with E-state index < -0.39 is 6.04 Å². The number of aromatic amines is 1. The molecule has 1 heterocycles. The standard InChI is InChI=1S/C21H23N3O3/c1-12-20(16-7-5-6-8-17(16)22-12)21(26)13(2)23-18-11-15(24-14(3)25)9-10-19(18)27-4/h5-11,13,22-23H,1-4H3,(H,24,25)/t13-/m1/s1. The Labute approximate surface area is 157 Å². The molecule has 3 aromatic rings. The van der Waals surface area contributed by atoms with Crippen molar-refractivity contribution in [1.29, 1.82) is 0 Å². The molecule has 27 heavy (non-hydrogen) atoms. The first-order valence-corrected chi connectivity index (χ1v) is 8.74. The first kappa shape index (κ1) is 18.5. The fourth-order valence-electron chi connectivity index (χ4n) is 3.21. The third-order valence-corrected chi connectivity index (χ3v) is 4.43. The van der Waals surface area contributed by atoms with Gasteiger partial charge in [-0.1, -0.05) is 18.2 Å². The fourth-order valence-corrected chi connectivity index (χ4v) is 3.21. The molecule has 1 aromatic heterocycles. The van der Waals surface area contributed by atoms with Crippen LogP contribution >= 0.6 is 0 Å². The monoisotopic (exact) mass is 365 g/mol. The van der Waals surface area contributed by atoms with Crippen LogP contribution in [0.5, 0.6) is 5.75 Å². The predicted octanol–water partition coefficient (Wildman–Crippen LogP) is 4.13. The fraction of sp³-hybridized carbons (Fsp3) is 0.238. The van der Waals surface area contributed by atoms with Crippen molar-refractivity contribution in [2.45, 2.75) is 26.8 Å². The average Bonchev–Trinajstić information content (AvgIpc) is 2.96. The van der Waals surface area contributed by atoms with Crippen molar-refractivity contribution >= 4 is 34.0 Å². The summed E-state index contributed by atoms with van der Waals surface area (Å²) >= 11 is 0. The van der Waals surface area contributed by atoms with Crippen molar-refractivity contribution in [2.24, 2.45) is 0 Å². The largest absolute Gasteiger partial charge is 0.495 e. The number of aryl methyl sites for hydroxylation is 1. The highest BCUT2D eigenvalue weighted by atomic mass is 16.5. The molecule has 0 aliphatic rings. The van der Waals surface area contributed by atoms with Gasteiger partial charge in [0.05, 0.1) is 18.8 Å². The van der Waals surface area contributed by atoms with Gasteiger partial charge < -0.3 is 20.4 Å². The summed E-state index contributed by atoms with van der Waals surface area (Å²) in [7, 11) is 1.56. The van der Waals surface area contributed by atoms with Crippen molar-refractivity contribution in [3.05, 3.63) is 53.7 Å². The summed E-state index contributed by atoms with van der Waals surface area (Å²) in [6, 6.07) is 12.5. The van der Waals surface area contributed by atoms with Crippen LogP contribution in [0.2, 0.25) is 0 Å². The molecule has 0 bridgehead atoms. The molecular formula is C21H23N3O3. The summed E-state index contributed by atoms with van der Waals surface area (Å²) in [5, 5.41) is 6.86. The number of benzene rings is 2. The second kappa shape index (κ2) is 7.53. The van der Waals surface area contributed by atoms with E-state index in [0.717, 1.165) is 16.6 Å². The number of methoxy groups -OCH3 is 1. The Bertz CT molecular complexity index is 1010. The third kappa shape index (κ3) is 3.79. The maximum absolute atomic E-state index is 13.1. The van der Waals surface area contributed by atoms with Gasteiger partial charge >= 0.3 is 0 Å². The molecule has 6 nitrogen and oxygen atoms in total. The first-order valence-electron chi connectivity index (χ1n) is 8.74. The zero-order valence-corrected chi connectivity index (χ0v) is 15.8. The number of anilines is 2. The topological polar surface area (TPSA) is 83.2 Å². The minimum absolute atomic E-state index is 0.0167. The van der Waals surface area contributed by atoms with Gasteiger partial charge in [0, 0.05) is 34.8 Å². The number of nitrogens with one attached hydrogen (secondary N) is 3. The van der Waals surface area contributed by atoms with Crippen LogP contribution in [-0.2, 0) is 4.79 Å². The van der Waals surface area contributed by atoms with Gasteiger partial charge in [0.2, 0.25) is 5.91 Å². The number of H-pyrrole nitrogens is 1. The number of carbonyl (C=O) groups excluding carboxylic acids is 2. The van der Waals surface area contributed by atoms with Gasteiger partial charge in [0.15, 0.2) is 5.78 Å². The van der Waals surface area contributed by atoms with Gasteiger partial charge in [-0.3, -0.25) is 9.59 Å². The Morgan fingerprint density at radius 3 is 2.59 bits per heavy atom. The van der Waals surface area contributed by atoms with Crippen LogP contribution in [0.3, 0.4) is 0 Å². The van der Waals surface area contributed by atoms with E-state index in [4.69, 9.17) is 4.74 Å². The highest BCUT2D eigenvalue weighted by molar-refractivity contribution is 6.12. The number of rotatable bonds is 6. The van der Waals surface area contributed by atoms with Gasteiger partial charge in [0.25, 0.3) is 0 Å². The highest BCUT2D eigenvalue weighted by Crippen LogP contribution is 2.30. The van der Waals surface area contributed by atoms with Crippen LogP contribution in [0.25, 0.3) is 10.9 Å². The molecule has 2 aromatic carbocycles. The first-order chi connectivity index (χ1) is 12.9. The van der Waals surface area contributed by atoms with Crippen LogP contribution in [0.4, 0.5) is 11.4 Å². The lowest BCUT2D eigenvalue weighted by Crippen LogP contribution is -2.27. The van der Waals surface area contributed by atoms with Crippen molar-refractivity contribution in [1.82, 2.24) is 4.98 Å². The number of hydrogen-bond donors (Lipinski definition) is 3. The second-order valence-corrected chi connectivity index (χ2v) is 6.50. The molecule has 0 unspecified atom stereocenters. The number of amides is 1. The molecule has 1 amide bonds. The highest BCUT2D eigenvalue weighted by Gasteiger charge is 2.22. The number of aromatic nitrogens is 1. The Morgan fingerprint density at radius 2 is 1.89 bits per heavy atom. The maximum atomic E-state index is 13.1. The molecular weight excluding hydrogens is 342 g/mol. The number of ketones is 1. The summed E-state index contributed by atoms with van der Waals surface area (Å²) in [5.74, 6) is 0.418. The molecule has 1 atom stereocenters. The number of carbonyl (C=O) groups is 2. The van der Waals surface area contributed by atoms with Gasteiger partial charge in [0.1, 0.15) is 5.75 Å². The molecule has 0 fully saturated rings. The normalized spacial score (nSPS) is 11.9. The summed E-state index contributed by atoms with van der Waals surface area (Å²) < 4.78 is 5.38. The SMILES string of the molecule is COc1ccc(NC(C)=O)cc1N[C@H](C)C(=O)c1c(C)[nH]c2ccccc12. The van der Waals surface area contributed by atoms with Crippen LogP contribution in [0.1, 0.15) is 29.9 Å². The van der Waals surface area contributed by atoms with E-state index in [0.29, 0.717) is 22.7 Å². The van der Waals surface area contributed by atoms with E-state index in [1.165, 1.54) is 6.92 Å². The van der Waals surface area contributed by atoms with Crippen LogP contribution in [0, 0.1) is 6.92 Å². The minimum atomic E-state index is -0.482. The summed E-state index contributed by atoms with van der Waals surface area (Å²) in [6.45, 7) is 5.16. The third-order valence-electron chi connectivity index (χ3n) is 4.43. The van der Waals surface area contributed by atoms with Gasteiger partial charge in [-0.05, 0) is 38.1 Å². The number of ether oxygens (including phenoxy) is 1. The molecule has 0 saturated heterocycles. The molecule has 0 spiro atoms. The van der Waals surface area contributed by atoms with Crippen LogP contribution in [0.15, 0.2) is 42.5 Å². The van der Waals surface area contributed by atoms with Crippen molar-refractivity contribution in [3.63, 3.8) is 0 Å². The molecule has 0 aliphatic carbocycles. The van der Waals surface area contributed by atoms with Gasteiger partial charge in [-0.2, -0.15) is 0 Å². The van der Waals surface area contributed by atoms with Crippen LogP contribution < -0.4 is 15.4 Å². The molecule has 0 saturated carbocycles. The number of para-hydroxylation sites is 1. The molecule has 0 radical (unpaired) electrons. The average molecular weight is 365 g/mol. The Hall–Kier alpha value is -3.28. The van der Waals surface area contributed by atoms with E-state index in [9.17, 15) is 9.59 Å². The van der Waals surface area contributed by atoms with Gasteiger partial charge in [-0.15, -0.1) is 0 Å². The summed E-state index contributed by atoms with van der Waals surface area (Å²) in [4.78, 5) is 27.7. The van der Waals surface area contributed by atoms with Crippen molar-refractivity contribution < 1.29 is 14.3 Å². The zero-order valence-electron chi connectivity index (χ0n) is 15.8. The number of fused-ring (bicyclic) bond motifs is 1. The predicted molar refractivity (Wildman–Crippen MR) is 108 cm³/mol. The smallest absolute Gasteiger partial charge is 0.221 e. The van der Waals surface area contributed by atoms with E-state index >= 15 is 0 Å². The molecule has 3 N–H and O–H groups in total. The Kier molecular flexibility index (Phi) is 5.16. The lowest BCUT2D eigenvalue weighted by molar-refractivity contribution is -0.114. The minimum Gasteiger partial charge on any atom is -0.495 e. The van der Waals surface area contributed by atoms with Crippen molar-refractivity contribution in [3.8, 4) is 5.75 Å². The summed E-state index contributed by atoms with van der Waals surface area (Å²) in [6.07, 6.45) is 0. The number of Topliss-reactive ketones (excluding diaryl/α,β-unsaturated/α-hetero) is 1. The Balaban J connectivity index is 1.90. The lowest BCUT2D eigenvalue weighted by Gasteiger charge is -2.18. The number of hydrogen-bond acceptors (Lipinski definition) is 4. The molecule has 6 heteroatoms. The molecule has 140 valence electrons. The molecule has 3 rings (SSSR count). The zero-order chi connectivity index (χ0) is 19.6. The maximum Gasteiger partial charge on any atom is 0.221 e. The second-order valence-electron chi connectivity index (χ2n) is 6.50.